The molecule has 0 radical (unpaired) electrons. The molecule has 1 fully saturated rings. The van der Waals surface area contributed by atoms with Crippen molar-refractivity contribution < 1.29 is 17.9 Å². The van der Waals surface area contributed by atoms with Crippen LogP contribution in [0.4, 0.5) is 0 Å². The minimum atomic E-state index is -3.76. The van der Waals surface area contributed by atoms with Crippen LogP contribution < -0.4 is 4.72 Å². The highest BCUT2D eigenvalue weighted by atomic mass is 79.9. The third kappa shape index (κ3) is 5.26. The van der Waals surface area contributed by atoms with Gasteiger partial charge in [0.25, 0.3) is 10.0 Å². The zero-order valence-corrected chi connectivity index (χ0v) is 17.5. The number of hydrogen-bond donors (Lipinski definition) is 1. The van der Waals surface area contributed by atoms with Crippen LogP contribution in [0.1, 0.15) is 38.5 Å². The highest BCUT2D eigenvalue weighted by Gasteiger charge is 2.30. The summed E-state index contributed by atoms with van der Waals surface area (Å²) in [6.07, 6.45) is 6.03. The van der Waals surface area contributed by atoms with E-state index in [1.54, 1.807) is 0 Å². The minimum Gasteiger partial charge on any atom is -0.468 e. The van der Waals surface area contributed by atoms with Gasteiger partial charge in [-0.2, -0.15) is 4.72 Å². The Labute approximate surface area is 157 Å². The number of halogens is 2. The van der Waals surface area contributed by atoms with Gasteiger partial charge in [-0.25, -0.2) is 8.42 Å². The number of hydrogen-bond acceptors (Lipinski definition) is 5. The Bertz CT molecular complexity index is 634. The van der Waals surface area contributed by atoms with E-state index in [1.165, 1.54) is 19.6 Å². The van der Waals surface area contributed by atoms with E-state index in [9.17, 15) is 13.2 Å². The summed E-state index contributed by atoms with van der Waals surface area (Å²) in [5, 5.41) is 0. The van der Waals surface area contributed by atoms with Gasteiger partial charge in [0, 0.05) is 4.47 Å². The average molecular weight is 489 g/mol. The highest BCUT2D eigenvalue weighted by molar-refractivity contribution is 9.13. The largest absolute Gasteiger partial charge is 0.468 e. The van der Waals surface area contributed by atoms with E-state index >= 15 is 0 Å². The van der Waals surface area contributed by atoms with Gasteiger partial charge in [0.05, 0.1) is 10.9 Å². The van der Waals surface area contributed by atoms with E-state index in [-0.39, 0.29) is 4.21 Å². The van der Waals surface area contributed by atoms with Crippen LogP contribution in [-0.4, -0.2) is 27.5 Å². The number of nitrogens with one attached hydrogen (secondary N) is 1. The van der Waals surface area contributed by atoms with Crippen molar-refractivity contribution in [1.29, 1.82) is 0 Å². The van der Waals surface area contributed by atoms with Crippen molar-refractivity contribution in [3.05, 3.63) is 14.3 Å². The van der Waals surface area contributed by atoms with Gasteiger partial charge >= 0.3 is 5.97 Å². The molecule has 0 spiro atoms. The number of carbonyl (C=O) groups is 1. The molecule has 1 unspecified atom stereocenters. The van der Waals surface area contributed by atoms with Crippen molar-refractivity contribution in [2.45, 2.75) is 48.8 Å². The fraction of sp³-hybridized carbons (Fsp3) is 0.643. The summed E-state index contributed by atoms with van der Waals surface area (Å²) in [4.78, 5) is 12.0. The topological polar surface area (TPSA) is 72.5 Å². The lowest BCUT2D eigenvalue weighted by atomic mass is 9.85. The third-order valence-electron chi connectivity index (χ3n) is 3.96. The number of esters is 1. The zero-order valence-electron chi connectivity index (χ0n) is 12.7. The summed E-state index contributed by atoms with van der Waals surface area (Å²) in [5.41, 5.74) is 0. The van der Waals surface area contributed by atoms with E-state index in [0.29, 0.717) is 20.6 Å². The first-order valence-corrected chi connectivity index (χ1v) is 11.3. The number of methoxy groups -OCH3 is 1. The van der Waals surface area contributed by atoms with Crippen LogP contribution in [0.2, 0.25) is 0 Å². The molecule has 1 aromatic rings. The standard InChI is InChI=1S/C14H19Br2NO4S2/c1-21-14(18)11(7-9-5-3-2-4-6-9)17-23(19,20)12-8-10(15)13(16)22-12/h8-9,11,17H,2-7H2,1H3. The Hall–Kier alpha value is 0.0400. The summed E-state index contributed by atoms with van der Waals surface area (Å²) in [6.45, 7) is 0. The second-order valence-electron chi connectivity index (χ2n) is 5.62. The molecule has 130 valence electrons. The molecule has 1 aromatic heterocycles. The molecule has 0 amide bonds. The number of rotatable bonds is 6. The van der Waals surface area contributed by atoms with Gasteiger partial charge in [0.1, 0.15) is 10.3 Å². The van der Waals surface area contributed by atoms with E-state index in [4.69, 9.17) is 4.74 Å². The van der Waals surface area contributed by atoms with Crippen molar-refractivity contribution in [1.82, 2.24) is 4.72 Å². The molecule has 1 N–H and O–H groups in total. The predicted molar refractivity (Wildman–Crippen MR) is 97.0 cm³/mol. The summed E-state index contributed by atoms with van der Waals surface area (Å²) in [6, 6.07) is 0.680. The maximum atomic E-state index is 12.5. The van der Waals surface area contributed by atoms with Gasteiger partial charge in [-0.3, -0.25) is 4.79 Å². The summed E-state index contributed by atoms with van der Waals surface area (Å²) in [5.74, 6) is -0.175. The molecule has 23 heavy (non-hydrogen) atoms. The Morgan fingerprint density at radius 1 is 1.39 bits per heavy atom. The van der Waals surface area contributed by atoms with Gasteiger partial charge in [0.15, 0.2) is 0 Å². The molecular formula is C14H19Br2NO4S2. The van der Waals surface area contributed by atoms with Crippen LogP contribution >= 0.6 is 43.2 Å². The highest BCUT2D eigenvalue weighted by Crippen LogP contribution is 2.35. The van der Waals surface area contributed by atoms with Gasteiger partial charge in [-0.1, -0.05) is 32.1 Å². The van der Waals surface area contributed by atoms with Crippen LogP contribution in [-0.2, 0) is 19.6 Å². The quantitative estimate of drug-likeness (QED) is 0.612. The fourth-order valence-corrected chi connectivity index (χ4v) is 6.83. The molecule has 1 aliphatic rings. The van der Waals surface area contributed by atoms with Gasteiger partial charge in [-0.15, -0.1) is 11.3 Å². The first kappa shape index (κ1) is 19.4. The number of thiophene rings is 1. The third-order valence-corrected chi connectivity index (χ3v) is 9.17. The first-order chi connectivity index (χ1) is 10.8. The molecule has 1 saturated carbocycles. The SMILES string of the molecule is COC(=O)C(CC1CCCCC1)NS(=O)(=O)c1cc(Br)c(Br)s1. The molecule has 0 aromatic carbocycles. The number of sulfonamides is 1. The molecule has 0 aliphatic heterocycles. The van der Waals surface area contributed by atoms with Crippen LogP contribution in [0.3, 0.4) is 0 Å². The molecule has 2 rings (SSSR count). The van der Waals surface area contributed by atoms with Crippen LogP contribution in [0.25, 0.3) is 0 Å². The zero-order chi connectivity index (χ0) is 17.0. The average Bonchev–Trinajstić information content (AvgIpc) is 2.87. The molecule has 9 heteroatoms. The molecule has 5 nitrogen and oxygen atoms in total. The van der Waals surface area contributed by atoms with Crippen LogP contribution in [0, 0.1) is 5.92 Å². The van der Waals surface area contributed by atoms with Crippen LogP contribution in [0.15, 0.2) is 18.5 Å². The van der Waals surface area contributed by atoms with Crippen LogP contribution in [0.5, 0.6) is 0 Å². The van der Waals surface area contributed by atoms with Crippen molar-refractivity contribution in [2.24, 2.45) is 5.92 Å². The molecule has 1 atom stereocenters. The predicted octanol–water partition coefficient (Wildman–Crippen LogP) is 4.06. The van der Waals surface area contributed by atoms with E-state index in [2.05, 4.69) is 36.6 Å². The maximum Gasteiger partial charge on any atom is 0.323 e. The molecule has 0 saturated heterocycles. The maximum absolute atomic E-state index is 12.5. The van der Waals surface area contributed by atoms with E-state index < -0.39 is 22.0 Å². The number of ether oxygens (including phenoxy) is 1. The lowest BCUT2D eigenvalue weighted by Gasteiger charge is -2.25. The Kier molecular flexibility index (Phi) is 7.09. The second kappa shape index (κ2) is 8.42. The monoisotopic (exact) mass is 487 g/mol. The smallest absolute Gasteiger partial charge is 0.323 e. The Morgan fingerprint density at radius 2 is 2.04 bits per heavy atom. The molecular weight excluding hydrogens is 470 g/mol. The lowest BCUT2D eigenvalue weighted by Crippen LogP contribution is -2.42. The number of carbonyl (C=O) groups excluding carboxylic acids is 1. The lowest BCUT2D eigenvalue weighted by molar-refractivity contribution is -0.143. The minimum absolute atomic E-state index is 0.161. The van der Waals surface area contributed by atoms with Gasteiger partial charge in [0.2, 0.25) is 0 Å². The van der Waals surface area contributed by atoms with E-state index in [0.717, 1.165) is 37.0 Å². The van der Waals surface area contributed by atoms with Gasteiger partial charge < -0.3 is 4.74 Å². The van der Waals surface area contributed by atoms with Crippen molar-refractivity contribution in [3.8, 4) is 0 Å². The van der Waals surface area contributed by atoms with Crippen molar-refractivity contribution in [2.75, 3.05) is 7.11 Å². The summed E-state index contributed by atoms with van der Waals surface area (Å²) >= 11 is 7.66. The first-order valence-electron chi connectivity index (χ1n) is 7.38. The Morgan fingerprint density at radius 3 is 2.57 bits per heavy atom. The van der Waals surface area contributed by atoms with Crippen molar-refractivity contribution >= 4 is 59.2 Å². The molecule has 1 aliphatic carbocycles. The fourth-order valence-electron chi connectivity index (χ4n) is 2.80. The summed E-state index contributed by atoms with van der Waals surface area (Å²) < 4.78 is 33.9. The Balaban J connectivity index is 2.14. The molecule has 0 bridgehead atoms. The van der Waals surface area contributed by atoms with E-state index in [1.807, 2.05) is 0 Å². The summed E-state index contributed by atoms with van der Waals surface area (Å²) in [7, 11) is -2.48. The second-order valence-corrected chi connectivity index (χ2v) is 10.8. The molecule has 1 heterocycles. The van der Waals surface area contributed by atoms with Crippen molar-refractivity contribution in [3.63, 3.8) is 0 Å². The van der Waals surface area contributed by atoms with Gasteiger partial charge in [-0.05, 0) is 50.3 Å². The normalized spacial score (nSPS) is 17.9.